The highest BCUT2D eigenvalue weighted by atomic mass is 79.9. The number of phenols is 1. The topological polar surface area (TPSA) is 139 Å². The van der Waals surface area contributed by atoms with Crippen LogP contribution < -0.4 is 21.3 Å². The Morgan fingerprint density at radius 3 is 2.46 bits per heavy atom. The van der Waals surface area contributed by atoms with Gasteiger partial charge in [0.2, 0.25) is 5.69 Å². The summed E-state index contributed by atoms with van der Waals surface area (Å²) in [6.45, 7) is 3.75. The molecule has 2 aromatic carbocycles. The number of H-pyrrole nitrogens is 1. The number of ether oxygens (including phenoxy) is 1. The van der Waals surface area contributed by atoms with E-state index in [1.165, 1.54) is 6.07 Å². The number of aromatic amines is 1. The van der Waals surface area contributed by atoms with Crippen molar-refractivity contribution in [2.24, 2.45) is 0 Å². The van der Waals surface area contributed by atoms with Gasteiger partial charge in [0, 0.05) is 18.9 Å². The van der Waals surface area contributed by atoms with Crippen LogP contribution in [-0.2, 0) is 6.54 Å². The standard InChI is InChI=1S/C24H20BrN5O5/c1-13-9-16(10-14(2)21(13)35-17-3-4-19(31)18(25)11-17)30-24(34)28-23(33)20(29-30)22(32)27-12-15-5-7-26-8-6-15/h3-11,31H,12H2,1-2H3,(H,27,32)(H,28,33,34). The molecule has 0 saturated carbocycles. The van der Waals surface area contributed by atoms with E-state index in [2.05, 4.69) is 36.3 Å². The fourth-order valence-corrected chi connectivity index (χ4v) is 3.73. The molecule has 4 aromatic rings. The molecule has 0 spiro atoms. The first-order valence-electron chi connectivity index (χ1n) is 10.4. The van der Waals surface area contributed by atoms with Crippen LogP contribution in [0.25, 0.3) is 5.69 Å². The van der Waals surface area contributed by atoms with E-state index in [1.807, 2.05) is 0 Å². The van der Waals surface area contributed by atoms with Crippen LogP contribution in [0.5, 0.6) is 17.2 Å². The van der Waals surface area contributed by atoms with Gasteiger partial charge in [-0.2, -0.15) is 9.78 Å². The number of rotatable bonds is 6. The first-order valence-corrected chi connectivity index (χ1v) is 11.2. The lowest BCUT2D eigenvalue weighted by Crippen LogP contribution is -2.39. The molecule has 2 aromatic heterocycles. The number of aromatic hydroxyl groups is 1. The van der Waals surface area contributed by atoms with E-state index < -0.39 is 22.9 Å². The van der Waals surface area contributed by atoms with Crippen molar-refractivity contribution in [3.63, 3.8) is 0 Å². The van der Waals surface area contributed by atoms with E-state index in [4.69, 9.17) is 4.74 Å². The molecule has 3 N–H and O–H groups in total. The van der Waals surface area contributed by atoms with Gasteiger partial charge in [0.05, 0.1) is 10.2 Å². The van der Waals surface area contributed by atoms with Crippen LogP contribution in [0, 0.1) is 13.8 Å². The van der Waals surface area contributed by atoms with Crippen LogP contribution in [0.1, 0.15) is 27.2 Å². The molecule has 35 heavy (non-hydrogen) atoms. The molecule has 4 rings (SSSR count). The molecular formula is C24H20BrN5O5. The third-order valence-electron chi connectivity index (χ3n) is 5.07. The maximum Gasteiger partial charge on any atom is 0.349 e. The van der Waals surface area contributed by atoms with Crippen LogP contribution in [0.2, 0.25) is 0 Å². The number of nitrogens with zero attached hydrogens (tertiary/aromatic N) is 3. The Balaban J connectivity index is 1.64. The Morgan fingerprint density at radius 2 is 1.80 bits per heavy atom. The van der Waals surface area contributed by atoms with Gasteiger partial charge in [0.25, 0.3) is 11.5 Å². The normalized spacial score (nSPS) is 10.7. The molecule has 10 nitrogen and oxygen atoms in total. The Morgan fingerprint density at radius 1 is 1.11 bits per heavy atom. The Bertz CT molecular complexity index is 1510. The number of nitrogens with one attached hydrogen (secondary N) is 2. The molecule has 178 valence electrons. The van der Waals surface area contributed by atoms with Crippen LogP contribution in [0.3, 0.4) is 0 Å². The van der Waals surface area contributed by atoms with E-state index in [-0.39, 0.29) is 12.3 Å². The highest BCUT2D eigenvalue weighted by Crippen LogP contribution is 2.34. The van der Waals surface area contributed by atoms with Crippen LogP contribution in [0.15, 0.2) is 68.9 Å². The van der Waals surface area contributed by atoms with Crippen molar-refractivity contribution in [3.8, 4) is 22.9 Å². The second kappa shape index (κ2) is 9.94. The number of hydrogen-bond acceptors (Lipinski definition) is 7. The van der Waals surface area contributed by atoms with Crippen LogP contribution >= 0.6 is 15.9 Å². The van der Waals surface area contributed by atoms with E-state index in [9.17, 15) is 19.5 Å². The molecule has 0 aliphatic heterocycles. The number of halogens is 1. The first kappa shape index (κ1) is 23.9. The zero-order chi connectivity index (χ0) is 25.1. The third kappa shape index (κ3) is 5.30. The second-order valence-electron chi connectivity index (χ2n) is 7.68. The summed E-state index contributed by atoms with van der Waals surface area (Å²) in [4.78, 5) is 43.5. The summed E-state index contributed by atoms with van der Waals surface area (Å²) in [5.41, 5.74) is 0.411. The van der Waals surface area contributed by atoms with E-state index in [0.717, 1.165) is 10.2 Å². The predicted octanol–water partition coefficient (Wildman–Crippen LogP) is 3.12. The summed E-state index contributed by atoms with van der Waals surface area (Å²) in [5.74, 6) is 0.425. The molecule has 2 heterocycles. The maximum absolute atomic E-state index is 12.6. The number of benzene rings is 2. The van der Waals surface area contributed by atoms with Gasteiger partial charge in [-0.3, -0.25) is 19.6 Å². The van der Waals surface area contributed by atoms with Crippen molar-refractivity contribution in [1.82, 2.24) is 25.1 Å². The van der Waals surface area contributed by atoms with Gasteiger partial charge >= 0.3 is 5.69 Å². The predicted molar refractivity (Wildman–Crippen MR) is 131 cm³/mol. The quantitative estimate of drug-likeness (QED) is 0.343. The molecule has 0 aliphatic rings. The Labute approximate surface area is 207 Å². The number of carbonyl (C=O) groups is 1. The average Bonchev–Trinajstić information content (AvgIpc) is 2.82. The van der Waals surface area contributed by atoms with Gasteiger partial charge < -0.3 is 15.2 Å². The number of phenolic OH excluding ortho intramolecular Hbond substituents is 1. The van der Waals surface area contributed by atoms with E-state index >= 15 is 0 Å². The van der Waals surface area contributed by atoms with Gasteiger partial charge in [0.15, 0.2) is 0 Å². The highest BCUT2D eigenvalue weighted by molar-refractivity contribution is 9.10. The molecule has 1 amide bonds. The van der Waals surface area contributed by atoms with Crippen LogP contribution in [0.4, 0.5) is 0 Å². The van der Waals surface area contributed by atoms with Crippen LogP contribution in [-0.4, -0.2) is 30.8 Å². The molecule has 0 atom stereocenters. The minimum Gasteiger partial charge on any atom is -0.507 e. The van der Waals surface area contributed by atoms with Crippen molar-refractivity contribution in [2.75, 3.05) is 0 Å². The number of amides is 1. The van der Waals surface area contributed by atoms with Crippen molar-refractivity contribution < 1.29 is 14.6 Å². The number of aryl methyl sites for hydroxylation is 2. The summed E-state index contributed by atoms with van der Waals surface area (Å²) in [5, 5.41) is 16.3. The fourth-order valence-electron chi connectivity index (χ4n) is 3.37. The number of carbonyl (C=O) groups excluding carboxylic acids is 1. The average molecular weight is 538 g/mol. The second-order valence-corrected chi connectivity index (χ2v) is 8.54. The zero-order valence-corrected chi connectivity index (χ0v) is 20.3. The lowest BCUT2D eigenvalue weighted by atomic mass is 10.1. The molecular weight excluding hydrogens is 518 g/mol. The van der Waals surface area contributed by atoms with Gasteiger partial charge in [-0.1, -0.05) is 0 Å². The van der Waals surface area contributed by atoms with Crippen molar-refractivity contribution in [3.05, 3.63) is 103 Å². The van der Waals surface area contributed by atoms with E-state index in [0.29, 0.717) is 32.8 Å². The molecule has 0 aliphatic carbocycles. The highest BCUT2D eigenvalue weighted by Gasteiger charge is 2.17. The first-order chi connectivity index (χ1) is 16.7. The van der Waals surface area contributed by atoms with Crippen molar-refractivity contribution >= 4 is 21.8 Å². The van der Waals surface area contributed by atoms with Crippen molar-refractivity contribution in [2.45, 2.75) is 20.4 Å². The summed E-state index contributed by atoms with van der Waals surface area (Å²) in [7, 11) is 0. The summed E-state index contributed by atoms with van der Waals surface area (Å²) in [6, 6.07) is 11.5. The SMILES string of the molecule is Cc1cc(-n2nc(C(=O)NCc3ccncc3)c(=O)[nH]c2=O)cc(C)c1Oc1ccc(O)c(Br)c1. The molecule has 11 heteroatoms. The van der Waals surface area contributed by atoms with Gasteiger partial charge in [-0.15, -0.1) is 0 Å². The lowest BCUT2D eigenvalue weighted by molar-refractivity contribution is 0.0942. The molecule has 0 fully saturated rings. The van der Waals surface area contributed by atoms with Gasteiger partial charge in [-0.05, 0) is 88.9 Å². The smallest absolute Gasteiger partial charge is 0.349 e. The van der Waals surface area contributed by atoms with Crippen molar-refractivity contribution in [1.29, 1.82) is 0 Å². The minimum absolute atomic E-state index is 0.0882. The number of pyridine rings is 1. The van der Waals surface area contributed by atoms with E-state index in [1.54, 1.807) is 62.6 Å². The molecule has 0 saturated heterocycles. The van der Waals surface area contributed by atoms with Gasteiger partial charge in [0.1, 0.15) is 17.2 Å². The fraction of sp³-hybridized carbons (Fsp3) is 0.125. The third-order valence-corrected chi connectivity index (χ3v) is 5.71. The summed E-state index contributed by atoms with van der Waals surface area (Å²) >= 11 is 3.25. The number of hydrogen-bond donors (Lipinski definition) is 3. The van der Waals surface area contributed by atoms with Gasteiger partial charge in [-0.25, -0.2) is 4.79 Å². The summed E-state index contributed by atoms with van der Waals surface area (Å²) in [6.07, 6.45) is 3.18. The molecule has 0 unspecified atom stereocenters. The zero-order valence-electron chi connectivity index (χ0n) is 18.7. The monoisotopic (exact) mass is 537 g/mol. The maximum atomic E-state index is 12.6. The Hall–Kier alpha value is -4.25. The lowest BCUT2D eigenvalue weighted by Gasteiger charge is -2.15. The molecule has 0 radical (unpaired) electrons. The largest absolute Gasteiger partial charge is 0.507 e. The minimum atomic E-state index is -0.884. The summed E-state index contributed by atoms with van der Waals surface area (Å²) < 4.78 is 7.43. The molecule has 0 bridgehead atoms. The number of aromatic nitrogens is 4. The Kier molecular flexibility index (Phi) is 6.78.